The zero-order valence-corrected chi connectivity index (χ0v) is 8.65. The highest BCUT2D eigenvalue weighted by Crippen LogP contribution is 2.23. The first kappa shape index (κ1) is 10.0. The molecule has 5 heteroatoms. The van der Waals surface area contributed by atoms with Crippen LogP contribution in [-0.2, 0) is 28.2 Å². The van der Waals surface area contributed by atoms with E-state index < -0.39 is 11.4 Å². The van der Waals surface area contributed by atoms with Crippen molar-refractivity contribution in [2.75, 3.05) is 0 Å². The van der Waals surface area contributed by atoms with Crippen molar-refractivity contribution in [1.29, 1.82) is 0 Å². The van der Waals surface area contributed by atoms with Crippen molar-refractivity contribution in [1.82, 2.24) is 9.97 Å². The van der Waals surface area contributed by atoms with E-state index in [-0.39, 0.29) is 0 Å². The van der Waals surface area contributed by atoms with E-state index in [2.05, 4.69) is 9.97 Å². The Balaban J connectivity index is 2.42. The normalized spacial score (nSPS) is 15.1. The van der Waals surface area contributed by atoms with Gasteiger partial charge in [-0.15, -0.1) is 0 Å². The van der Waals surface area contributed by atoms with Gasteiger partial charge in [-0.1, -0.05) is 0 Å². The van der Waals surface area contributed by atoms with Gasteiger partial charge >= 0.3 is 5.97 Å². The smallest absolute Gasteiger partial charge is 0.316 e. The summed E-state index contributed by atoms with van der Waals surface area (Å²) in [7, 11) is 0. The second kappa shape index (κ2) is 3.27. The van der Waals surface area contributed by atoms with Crippen LogP contribution in [0.1, 0.15) is 30.9 Å². The lowest BCUT2D eigenvalue weighted by atomic mass is 9.92. The molecule has 80 valence electrons. The number of carboxylic acid groups (broad SMARTS) is 1. The Morgan fingerprint density at radius 1 is 1.53 bits per heavy atom. The van der Waals surface area contributed by atoms with Gasteiger partial charge in [0.25, 0.3) is 0 Å². The Morgan fingerprint density at radius 3 is 2.93 bits per heavy atom. The second-order valence-electron chi connectivity index (χ2n) is 4.09. The fraction of sp³-hybridized carbons (Fsp3) is 0.500. The number of hydrogen-bond acceptors (Lipinski definition) is 4. The first-order valence-corrected chi connectivity index (χ1v) is 4.68. The molecule has 2 rings (SSSR count). The molecule has 0 fully saturated rings. The molecule has 1 aromatic rings. The number of fused-ring (bicyclic) bond motifs is 1. The van der Waals surface area contributed by atoms with E-state index in [1.54, 1.807) is 20.0 Å². The van der Waals surface area contributed by atoms with Crippen LogP contribution in [0.2, 0.25) is 0 Å². The van der Waals surface area contributed by atoms with Gasteiger partial charge in [0.2, 0.25) is 0 Å². The molecule has 1 N–H and O–H groups in total. The third-order valence-corrected chi connectivity index (χ3v) is 2.54. The fourth-order valence-electron chi connectivity index (χ4n) is 1.34. The lowest BCUT2D eigenvalue weighted by molar-refractivity contribution is -0.142. The zero-order chi connectivity index (χ0) is 11.1. The van der Waals surface area contributed by atoms with Gasteiger partial charge in [-0.25, -0.2) is 9.97 Å². The summed E-state index contributed by atoms with van der Waals surface area (Å²) in [6.45, 7) is 4.14. The van der Waals surface area contributed by atoms with Gasteiger partial charge < -0.3 is 9.84 Å². The third-order valence-electron chi connectivity index (χ3n) is 2.54. The molecule has 0 spiro atoms. The highest BCUT2D eigenvalue weighted by molar-refractivity contribution is 5.78. The van der Waals surface area contributed by atoms with Crippen LogP contribution >= 0.6 is 0 Å². The van der Waals surface area contributed by atoms with Gasteiger partial charge in [0.15, 0.2) is 0 Å². The quantitative estimate of drug-likeness (QED) is 0.780. The lowest BCUT2D eigenvalue weighted by Crippen LogP contribution is -2.31. The maximum absolute atomic E-state index is 11.0. The molecule has 2 heterocycles. The molecular weight excluding hydrogens is 196 g/mol. The summed E-state index contributed by atoms with van der Waals surface area (Å²) in [6, 6.07) is 0. The third kappa shape index (κ3) is 1.59. The number of aliphatic carboxylic acids is 1. The summed E-state index contributed by atoms with van der Waals surface area (Å²) in [5, 5.41) is 9.03. The van der Waals surface area contributed by atoms with Crippen molar-refractivity contribution in [3.05, 3.63) is 23.3 Å². The number of carboxylic acids is 1. The monoisotopic (exact) mass is 208 g/mol. The van der Waals surface area contributed by atoms with Gasteiger partial charge in [0.1, 0.15) is 11.2 Å². The molecule has 0 aliphatic carbocycles. The maximum Gasteiger partial charge on any atom is 0.316 e. The number of carbonyl (C=O) groups is 1. The van der Waals surface area contributed by atoms with Crippen molar-refractivity contribution < 1.29 is 14.6 Å². The Hall–Kier alpha value is -1.49. The summed E-state index contributed by atoms with van der Waals surface area (Å²) >= 11 is 0. The molecule has 0 saturated carbocycles. The highest BCUT2D eigenvalue weighted by atomic mass is 16.5. The molecule has 1 aliphatic heterocycles. The van der Waals surface area contributed by atoms with Gasteiger partial charge in [-0.3, -0.25) is 4.79 Å². The molecule has 15 heavy (non-hydrogen) atoms. The highest BCUT2D eigenvalue weighted by Gasteiger charge is 2.33. The molecule has 0 atom stereocenters. The summed E-state index contributed by atoms with van der Waals surface area (Å²) in [4.78, 5) is 19.3. The Bertz CT molecular complexity index is 415. The zero-order valence-electron chi connectivity index (χ0n) is 8.65. The SMILES string of the molecule is CC(C)(C(=O)O)c1ncc2c(n1)COC2. The van der Waals surface area contributed by atoms with Crippen LogP contribution in [0.25, 0.3) is 0 Å². The van der Waals surface area contributed by atoms with Gasteiger partial charge in [-0.05, 0) is 13.8 Å². The Morgan fingerprint density at radius 2 is 2.27 bits per heavy atom. The van der Waals surface area contributed by atoms with E-state index in [0.29, 0.717) is 19.0 Å². The van der Waals surface area contributed by atoms with Crippen molar-refractivity contribution >= 4 is 5.97 Å². The standard InChI is InChI=1S/C10H12N2O3/c1-10(2,9(13)14)8-11-3-6-4-15-5-7(6)12-8/h3H,4-5H2,1-2H3,(H,13,14). The van der Waals surface area contributed by atoms with Gasteiger partial charge in [0, 0.05) is 11.8 Å². The number of hydrogen-bond donors (Lipinski definition) is 1. The summed E-state index contributed by atoms with van der Waals surface area (Å²) in [6.07, 6.45) is 1.65. The largest absolute Gasteiger partial charge is 0.481 e. The summed E-state index contributed by atoms with van der Waals surface area (Å²) < 4.78 is 5.19. The average Bonchev–Trinajstić information content (AvgIpc) is 2.63. The van der Waals surface area contributed by atoms with Crippen molar-refractivity contribution in [2.45, 2.75) is 32.5 Å². The molecule has 0 amide bonds. The number of rotatable bonds is 2. The van der Waals surface area contributed by atoms with Crippen LogP contribution in [0.4, 0.5) is 0 Å². The first-order chi connectivity index (χ1) is 7.01. The molecule has 0 saturated heterocycles. The molecule has 0 aromatic carbocycles. The number of aromatic nitrogens is 2. The van der Waals surface area contributed by atoms with Crippen LogP contribution < -0.4 is 0 Å². The Labute approximate surface area is 87.1 Å². The number of ether oxygens (including phenoxy) is 1. The van der Waals surface area contributed by atoms with E-state index in [4.69, 9.17) is 9.84 Å². The van der Waals surface area contributed by atoms with E-state index in [1.807, 2.05) is 0 Å². The van der Waals surface area contributed by atoms with Crippen LogP contribution in [0, 0.1) is 0 Å². The molecule has 5 nitrogen and oxygen atoms in total. The van der Waals surface area contributed by atoms with Crippen LogP contribution in [0.5, 0.6) is 0 Å². The minimum Gasteiger partial charge on any atom is -0.481 e. The topological polar surface area (TPSA) is 72.3 Å². The minimum absolute atomic E-state index is 0.333. The maximum atomic E-state index is 11.0. The van der Waals surface area contributed by atoms with Gasteiger partial charge in [0.05, 0.1) is 18.9 Å². The summed E-state index contributed by atoms with van der Waals surface area (Å²) in [5.74, 6) is -0.597. The van der Waals surface area contributed by atoms with Crippen LogP contribution in [0.15, 0.2) is 6.20 Å². The number of nitrogens with zero attached hydrogens (tertiary/aromatic N) is 2. The predicted molar refractivity (Wildman–Crippen MR) is 51.2 cm³/mol. The van der Waals surface area contributed by atoms with E-state index in [9.17, 15) is 4.79 Å². The molecule has 0 radical (unpaired) electrons. The minimum atomic E-state index is -1.06. The van der Waals surface area contributed by atoms with Crippen LogP contribution in [0.3, 0.4) is 0 Å². The average molecular weight is 208 g/mol. The van der Waals surface area contributed by atoms with E-state index in [0.717, 1.165) is 11.3 Å². The molecule has 1 aromatic heterocycles. The van der Waals surface area contributed by atoms with Crippen molar-refractivity contribution in [3.63, 3.8) is 0 Å². The lowest BCUT2D eigenvalue weighted by Gasteiger charge is -2.17. The Kier molecular flexibility index (Phi) is 2.19. The van der Waals surface area contributed by atoms with Crippen LogP contribution in [-0.4, -0.2) is 21.0 Å². The van der Waals surface area contributed by atoms with Crippen molar-refractivity contribution in [3.8, 4) is 0 Å². The van der Waals surface area contributed by atoms with E-state index >= 15 is 0 Å². The predicted octanol–water partition coefficient (Wildman–Crippen LogP) is 0.869. The second-order valence-corrected chi connectivity index (χ2v) is 4.09. The fourth-order valence-corrected chi connectivity index (χ4v) is 1.34. The summed E-state index contributed by atoms with van der Waals surface area (Å²) in [5.41, 5.74) is 0.687. The van der Waals surface area contributed by atoms with Crippen molar-refractivity contribution in [2.24, 2.45) is 0 Å². The van der Waals surface area contributed by atoms with E-state index in [1.165, 1.54) is 0 Å². The molecule has 1 aliphatic rings. The van der Waals surface area contributed by atoms with Gasteiger partial charge in [-0.2, -0.15) is 0 Å². The molecular formula is C10H12N2O3. The molecule has 0 unspecified atom stereocenters. The molecule has 0 bridgehead atoms. The first-order valence-electron chi connectivity index (χ1n) is 4.68.